The fourth-order valence-electron chi connectivity index (χ4n) is 3.98. The molecule has 13 heteroatoms. The average molecular weight is 515 g/mol. The number of imidazole rings is 1. The molecule has 3 rings (SSSR count). The van der Waals surface area contributed by atoms with E-state index in [2.05, 4.69) is 31.2 Å². The summed E-state index contributed by atoms with van der Waals surface area (Å²) in [5.41, 5.74) is 1.18. The molecule has 1 saturated heterocycles. The zero-order valence-electron chi connectivity index (χ0n) is 20.0. The average Bonchev–Trinajstić information content (AvgIpc) is 3.57. The third kappa shape index (κ3) is 8.42. The fraction of sp³-hybridized carbons (Fsp3) is 0.417. The Morgan fingerprint density at radius 3 is 2.24 bits per heavy atom. The quantitative estimate of drug-likeness (QED) is 0.174. The van der Waals surface area contributed by atoms with E-state index >= 15 is 0 Å². The number of rotatable bonds is 13. The van der Waals surface area contributed by atoms with Crippen LogP contribution in [0.15, 0.2) is 42.9 Å². The van der Waals surface area contributed by atoms with Crippen molar-refractivity contribution in [2.75, 3.05) is 6.54 Å². The lowest BCUT2D eigenvalue weighted by atomic mass is 10.0. The molecule has 0 aliphatic carbocycles. The molecule has 0 radical (unpaired) electrons. The van der Waals surface area contributed by atoms with Gasteiger partial charge in [0.2, 0.25) is 17.7 Å². The third-order valence-electron chi connectivity index (χ3n) is 5.90. The number of aromatic amines is 1. The minimum absolute atomic E-state index is 0.0114. The number of H-pyrrole nitrogens is 1. The molecule has 1 aromatic heterocycles. The molecule has 7 N–H and O–H groups in total. The first-order valence-corrected chi connectivity index (χ1v) is 11.8. The lowest BCUT2D eigenvalue weighted by Crippen LogP contribution is -2.58. The Morgan fingerprint density at radius 1 is 0.946 bits per heavy atom. The van der Waals surface area contributed by atoms with Crippen molar-refractivity contribution < 1.29 is 34.2 Å². The molecule has 0 spiro atoms. The zero-order chi connectivity index (χ0) is 26.8. The summed E-state index contributed by atoms with van der Waals surface area (Å²) in [6, 6.07) is 4.06. The van der Waals surface area contributed by atoms with Crippen LogP contribution in [-0.2, 0) is 36.8 Å². The van der Waals surface area contributed by atoms with Crippen LogP contribution in [0.2, 0.25) is 0 Å². The molecule has 1 aliphatic heterocycles. The van der Waals surface area contributed by atoms with Crippen LogP contribution in [0.1, 0.15) is 30.5 Å². The molecule has 2 heterocycles. The standard InChI is InChI=1S/C24H30N6O7/c31-20(32)11-18(23(35)30-19(24(36)37)9-14-5-2-1-3-6-14)29-22(34)17(10-15-12-25-13-27-15)28-21(33)16-7-4-8-26-16/h1-3,5-6,12-13,16-19,26H,4,7-11H2,(H,25,27)(H,28,33)(H,29,34)(H,30,35)(H,31,32)(H,36,37)/t16-,17-,18-,19-/m0/s1. The van der Waals surface area contributed by atoms with E-state index in [0.29, 0.717) is 24.2 Å². The van der Waals surface area contributed by atoms with E-state index in [0.717, 1.165) is 6.42 Å². The lowest BCUT2D eigenvalue weighted by Gasteiger charge is -2.24. The number of carboxylic acids is 2. The van der Waals surface area contributed by atoms with Gasteiger partial charge < -0.3 is 36.5 Å². The van der Waals surface area contributed by atoms with Gasteiger partial charge in [-0.15, -0.1) is 0 Å². The number of carbonyl (C=O) groups excluding carboxylic acids is 3. The molecule has 1 fully saturated rings. The summed E-state index contributed by atoms with van der Waals surface area (Å²) < 4.78 is 0. The minimum atomic E-state index is -1.58. The maximum atomic E-state index is 13.2. The fourth-order valence-corrected chi connectivity index (χ4v) is 3.98. The molecule has 13 nitrogen and oxygen atoms in total. The number of hydrogen-bond acceptors (Lipinski definition) is 7. The summed E-state index contributed by atoms with van der Waals surface area (Å²) in [7, 11) is 0. The van der Waals surface area contributed by atoms with Crippen LogP contribution >= 0.6 is 0 Å². The number of carboxylic acid groups (broad SMARTS) is 2. The summed E-state index contributed by atoms with van der Waals surface area (Å²) in [5.74, 6) is -4.85. The number of hydrogen-bond donors (Lipinski definition) is 7. The van der Waals surface area contributed by atoms with Gasteiger partial charge in [0.05, 0.1) is 18.8 Å². The summed E-state index contributed by atoms with van der Waals surface area (Å²) in [4.78, 5) is 68.7. The number of benzene rings is 1. The van der Waals surface area contributed by atoms with Gasteiger partial charge in [-0.2, -0.15) is 0 Å². The van der Waals surface area contributed by atoms with Crippen LogP contribution in [0.4, 0.5) is 0 Å². The highest BCUT2D eigenvalue weighted by Gasteiger charge is 2.33. The Morgan fingerprint density at radius 2 is 1.65 bits per heavy atom. The largest absolute Gasteiger partial charge is 0.481 e. The maximum Gasteiger partial charge on any atom is 0.326 e. The number of nitrogens with zero attached hydrogens (tertiary/aromatic N) is 1. The predicted octanol–water partition coefficient (Wildman–Crippen LogP) is -1.04. The molecule has 2 aromatic rings. The van der Waals surface area contributed by atoms with Crippen LogP contribution < -0.4 is 21.3 Å². The van der Waals surface area contributed by atoms with Gasteiger partial charge in [-0.1, -0.05) is 30.3 Å². The highest BCUT2D eigenvalue weighted by Crippen LogP contribution is 2.08. The molecule has 0 unspecified atom stereocenters. The summed E-state index contributed by atoms with van der Waals surface area (Å²) >= 11 is 0. The Labute approximate surface area is 212 Å². The second-order valence-electron chi connectivity index (χ2n) is 8.74. The maximum absolute atomic E-state index is 13.2. The van der Waals surface area contributed by atoms with Gasteiger partial charge in [0.25, 0.3) is 0 Å². The van der Waals surface area contributed by atoms with E-state index in [9.17, 15) is 34.2 Å². The predicted molar refractivity (Wildman–Crippen MR) is 129 cm³/mol. The van der Waals surface area contributed by atoms with Gasteiger partial charge in [-0.25, -0.2) is 9.78 Å². The van der Waals surface area contributed by atoms with Gasteiger partial charge in [-0.05, 0) is 24.9 Å². The van der Waals surface area contributed by atoms with Gasteiger partial charge in [0.1, 0.15) is 18.1 Å². The number of carbonyl (C=O) groups is 5. The van der Waals surface area contributed by atoms with E-state index in [-0.39, 0.29) is 12.8 Å². The molecule has 1 aromatic carbocycles. The molecule has 198 valence electrons. The second-order valence-corrected chi connectivity index (χ2v) is 8.74. The van der Waals surface area contributed by atoms with Crippen molar-refractivity contribution in [1.29, 1.82) is 0 Å². The second kappa shape index (κ2) is 13.2. The van der Waals surface area contributed by atoms with Gasteiger partial charge in [-0.3, -0.25) is 19.2 Å². The van der Waals surface area contributed by atoms with E-state index in [1.54, 1.807) is 30.3 Å². The van der Waals surface area contributed by atoms with E-state index in [1.165, 1.54) is 12.5 Å². The van der Waals surface area contributed by atoms with Crippen molar-refractivity contribution in [2.24, 2.45) is 0 Å². The highest BCUT2D eigenvalue weighted by atomic mass is 16.4. The molecule has 0 saturated carbocycles. The first-order valence-electron chi connectivity index (χ1n) is 11.8. The van der Waals surface area contributed by atoms with Gasteiger partial charge in [0.15, 0.2) is 0 Å². The third-order valence-corrected chi connectivity index (χ3v) is 5.90. The van der Waals surface area contributed by atoms with Gasteiger partial charge >= 0.3 is 11.9 Å². The number of nitrogens with one attached hydrogen (secondary N) is 5. The minimum Gasteiger partial charge on any atom is -0.481 e. The SMILES string of the molecule is O=C(O)C[C@H](NC(=O)[C@H](Cc1cnc[nH]1)NC(=O)[C@@H]1CCCN1)C(=O)N[C@@H](Cc1ccccc1)C(=O)O. The smallest absolute Gasteiger partial charge is 0.326 e. The number of amides is 3. The van der Waals surface area contributed by atoms with E-state index in [4.69, 9.17) is 0 Å². The van der Waals surface area contributed by atoms with Gasteiger partial charge in [0, 0.05) is 24.7 Å². The van der Waals surface area contributed by atoms with E-state index in [1.807, 2.05) is 0 Å². The van der Waals surface area contributed by atoms with Crippen LogP contribution in [0.5, 0.6) is 0 Å². The Bertz CT molecular complexity index is 1090. The summed E-state index contributed by atoms with van der Waals surface area (Å²) in [6.07, 6.45) is 3.48. The highest BCUT2D eigenvalue weighted by molar-refractivity contribution is 5.95. The van der Waals surface area contributed by atoms with Crippen LogP contribution in [0.25, 0.3) is 0 Å². The van der Waals surface area contributed by atoms with E-state index < -0.39 is 60.2 Å². The molecule has 37 heavy (non-hydrogen) atoms. The number of aliphatic carboxylic acids is 2. The van der Waals surface area contributed by atoms with Crippen molar-refractivity contribution in [3.63, 3.8) is 0 Å². The van der Waals surface area contributed by atoms with Crippen molar-refractivity contribution >= 4 is 29.7 Å². The van der Waals surface area contributed by atoms with Crippen LogP contribution in [0.3, 0.4) is 0 Å². The monoisotopic (exact) mass is 514 g/mol. The lowest BCUT2D eigenvalue weighted by molar-refractivity contribution is -0.143. The first-order chi connectivity index (χ1) is 17.7. The molecular formula is C24H30N6O7. The van der Waals surface area contributed by atoms with Crippen molar-refractivity contribution in [1.82, 2.24) is 31.2 Å². The Kier molecular flexibility index (Phi) is 9.72. The molecule has 4 atom stereocenters. The Hall–Kier alpha value is -4.26. The molecule has 1 aliphatic rings. The first kappa shape index (κ1) is 27.3. The summed E-state index contributed by atoms with van der Waals surface area (Å²) in [6.45, 7) is 0.671. The number of aromatic nitrogens is 2. The van der Waals surface area contributed by atoms with Crippen molar-refractivity contribution in [2.45, 2.75) is 56.3 Å². The summed E-state index contributed by atoms with van der Waals surface area (Å²) in [5, 5.41) is 29.3. The van der Waals surface area contributed by atoms with Crippen LogP contribution in [-0.4, -0.2) is 80.6 Å². The molecular weight excluding hydrogens is 484 g/mol. The van der Waals surface area contributed by atoms with Crippen LogP contribution in [0, 0.1) is 0 Å². The van der Waals surface area contributed by atoms with Crippen molar-refractivity contribution in [3.8, 4) is 0 Å². The zero-order valence-corrected chi connectivity index (χ0v) is 20.0. The molecule has 3 amide bonds. The Balaban J connectivity index is 1.72. The van der Waals surface area contributed by atoms with Crippen molar-refractivity contribution in [3.05, 3.63) is 54.1 Å². The normalized spacial score (nSPS) is 17.2. The molecule has 0 bridgehead atoms. The topological polar surface area (TPSA) is 203 Å².